The molecule has 140 valence electrons. The maximum atomic E-state index is 12.4. The Kier molecular flexibility index (Phi) is 5.30. The number of aliphatic hydroxyl groups excluding tert-OH is 1. The first-order valence-electron chi connectivity index (χ1n) is 7.82. The van der Waals surface area contributed by atoms with Crippen molar-refractivity contribution in [1.82, 2.24) is 15.1 Å². The Balaban J connectivity index is 1.92. The zero-order chi connectivity index (χ0) is 19.0. The molecule has 0 aromatic carbocycles. The van der Waals surface area contributed by atoms with Gasteiger partial charge < -0.3 is 19.8 Å². The molecule has 0 unspecified atom stereocenters. The number of ether oxygens (including phenoxy) is 1. The Morgan fingerprint density at radius 2 is 2.23 bits per heavy atom. The Hall–Kier alpha value is -1.98. The molecule has 2 aliphatic rings. The number of carboxylic acid groups (broad SMARTS) is 1. The van der Waals surface area contributed by atoms with Crippen molar-refractivity contribution in [2.45, 2.75) is 30.3 Å². The number of nitrogens with zero attached hydrogens (tertiary/aromatic N) is 3. The second kappa shape index (κ2) is 7.33. The van der Waals surface area contributed by atoms with Gasteiger partial charge in [-0.2, -0.15) is 0 Å². The van der Waals surface area contributed by atoms with E-state index in [2.05, 4.69) is 10.2 Å². The highest BCUT2D eigenvalue weighted by Gasteiger charge is 2.61. The summed E-state index contributed by atoms with van der Waals surface area (Å²) in [5.41, 5.74) is 1.98. The number of rotatable bonds is 7. The first-order chi connectivity index (χ1) is 12.3. The normalized spacial score (nSPS) is 25.7. The molecule has 2 N–H and O–H groups in total. The van der Waals surface area contributed by atoms with Crippen LogP contribution in [0.2, 0.25) is 0 Å². The van der Waals surface area contributed by atoms with Crippen molar-refractivity contribution in [2.24, 2.45) is 11.8 Å². The van der Waals surface area contributed by atoms with Gasteiger partial charge in [0.2, 0.25) is 5.91 Å². The molecule has 9 nitrogen and oxygen atoms in total. The Bertz CT molecular complexity index is 763. The highest BCUT2D eigenvalue weighted by Crippen LogP contribution is 2.48. The lowest BCUT2D eigenvalue weighted by Crippen LogP contribution is -2.64. The fraction of sp³-hybridized carbons (Fsp3) is 0.533. The summed E-state index contributed by atoms with van der Waals surface area (Å²) >= 11 is 2.63. The van der Waals surface area contributed by atoms with Crippen LogP contribution >= 0.6 is 23.1 Å². The number of aliphatic carboxylic acids is 1. The highest BCUT2D eigenvalue weighted by molar-refractivity contribution is 8.01. The second-order valence-electron chi connectivity index (χ2n) is 6.05. The van der Waals surface area contributed by atoms with Crippen LogP contribution < -0.4 is 0 Å². The van der Waals surface area contributed by atoms with Crippen LogP contribution in [0.3, 0.4) is 0 Å². The number of carbonyl (C=O) groups is 3. The summed E-state index contributed by atoms with van der Waals surface area (Å²) in [6.07, 6.45) is -0.922. The summed E-state index contributed by atoms with van der Waals surface area (Å²) < 4.78 is 5.78. The lowest BCUT2D eigenvalue weighted by atomic mass is 9.77. The summed E-state index contributed by atoms with van der Waals surface area (Å²) in [7, 11) is 0. The predicted octanol–water partition coefficient (Wildman–Crippen LogP) is 0.370. The third-order valence-corrected chi connectivity index (χ3v) is 6.38. The average Bonchev–Trinajstić information content (AvgIpc) is 3.14. The number of thioether (sulfide) groups is 1. The zero-order valence-corrected chi connectivity index (χ0v) is 15.6. The molecule has 4 atom stereocenters. The van der Waals surface area contributed by atoms with Gasteiger partial charge in [-0.15, -0.1) is 10.2 Å². The number of esters is 1. The van der Waals surface area contributed by atoms with Gasteiger partial charge in [-0.1, -0.05) is 23.1 Å². The molecule has 1 amide bonds. The molecule has 0 spiro atoms. The molecule has 1 fully saturated rings. The van der Waals surface area contributed by atoms with Crippen molar-refractivity contribution in [1.29, 1.82) is 0 Å². The molecule has 1 aromatic rings. The zero-order valence-electron chi connectivity index (χ0n) is 14.0. The van der Waals surface area contributed by atoms with Crippen molar-refractivity contribution in [3.05, 3.63) is 16.8 Å². The summed E-state index contributed by atoms with van der Waals surface area (Å²) in [5, 5.41) is 27.2. The van der Waals surface area contributed by atoms with Crippen molar-refractivity contribution in [2.75, 3.05) is 12.4 Å². The van der Waals surface area contributed by atoms with E-state index in [0.29, 0.717) is 9.91 Å². The number of aliphatic hydroxyl groups is 1. The van der Waals surface area contributed by atoms with Crippen molar-refractivity contribution < 1.29 is 29.3 Å². The molecule has 11 heteroatoms. The fourth-order valence-corrected chi connectivity index (χ4v) is 5.03. The Morgan fingerprint density at radius 3 is 2.77 bits per heavy atom. The minimum atomic E-state index is -1.22. The SMILES string of the molecule is CC(=O)OC[C@H]1C(CSc2nncs2)=C(C(=O)O)N2C(=O)[C@H]([C@@H](C)O)[C@@H]12. The quantitative estimate of drug-likeness (QED) is 0.379. The van der Waals surface area contributed by atoms with Crippen molar-refractivity contribution in [3.8, 4) is 0 Å². The van der Waals surface area contributed by atoms with Crippen molar-refractivity contribution in [3.63, 3.8) is 0 Å². The third kappa shape index (κ3) is 3.21. The summed E-state index contributed by atoms with van der Waals surface area (Å²) in [6.45, 7) is 2.72. The number of hydrogen-bond donors (Lipinski definition) is 2. The molecule has 1 aromatic heterocycles. The van der Waals surface area contributed by atoms with Gasteiger partial charge in [0.05, 0.1) is 24.7 Å². The lowest BCUT2D eigenvalue weighted by Gasteiger charge is -2.46. The molecule has 0 bridgehead atoms. The molecule has 0 radical (unpaired) electrons. The van der Waals surface area contributed by atoms with Crippen molar-refractivity contribution >= 4 is 40.9 Å². The van der Waals surface area contributed by atoms with Gasteiger partial charge in [-0.3, -0.25) is 9.59 Å². The predicted molar refractivity (Wildman–Crippen MR) is 91.2 cm³/mol. The first-order valence-corrected chi connectivity index (χ1v) is 9.69. The number of amides is 1. The smallest absolute Gasteiger partial charge is 0.352 e. The van der Waals surface area contributed by atoms with Gasteiger partial charge >= 0.3 is 11.9 Å². The van der Waals surface area contributed by atoms with Gasteiger partial charge in [0.25, 0.3) is 0 Å². The van der Waals surface area contributed by atoms with Gasteiger partial charge in [0, 0.05) is 18.6 Å². The standard InChI is InChI=1S/C15H17N3O6S2/c1-6(19)10-11-8(3-24-7(2)20)9(4-25-15-17-16-5-26-15)12(14(22)23)18(11)13(10)21/h5-6,8,10-11,19H,3-4H2,1-2H3,(H,22,23)/t6-,8+,10-,11-/m1/s1. The van der Waals surface area contributed by atoms with Crippen LogP contribution in [0.1, 0.15) is 13.8 Å². The number of aromatic nitrogens is 2. The maximum absolute atomic E-state index is 12.4. The van der Waals surface area contributed by atoms with Gasteiger partial charge in [-0.25, -0.2) is 4.79 Å². The topological polar surface area (TPSA) is 130 Å². The van der Waals surface area contributed by atoms with E-state index in [0.717, 1.165) is 0 Å². The van der Waals surface area contributed by atoms with E-state index in [1.165, 1.54) is 41.8 Å². The molecule has 0 saturated carbocycles. The Labute approximate surface area is 157 Å². The van der Waals surface area contributed by atoms with Gasteiger partial charge in [0.1, 0.15) is 11.2 Å². The van der Waals surface area contributed by atoms with Crippen LogP contribution in [-0.4, -0.2) is 67.7 Å². The molecule has 3 rings (SSSR count). The van der Waals surface area contributed by atoms with E-state index in [4.69, 9.17) is 4.74 Å². The molecular formula is C15H17N3O6S2. The number of β-lactam (4-membered cyclic amide) rings is 1. The van der Waals surface area contributed by atoms with E-state index in [1.807, 2.05) is 0 Å². The molecule has 2 aliphatic heterocycles. The lowest BCUT2D eigenvalue weighted by molar-refractivity contribution is -0.165. The van der Waals surface area contributed by atoms with Gasteiger partial charge in [-0.05, 0) is 12.5 Å². The molecule has 26 heavy (non-hydrogen) atoms. The Morgan fingerprint density at radius 1 is 1.50 bits per heavy atom. The fourth-order valence-electron chi connectivity index (χ4n) is 3.44. The van der Waals surface area contributed by atoms with Crippen LogP contribution in [0.4, 0.5) is 0 Å². The van der Waals surface area contributed by atoms with Crippen LogP contribution in [0.15, 0.2) is 21.1 Å². The van der Waals surface area contributed by atoms with E-state index in [1.54, 1.807) is 5.51 Å². The molecule has 3 heterocycles. The summed E-state index contributed by atoms with van der Waals surface area (Å²) in [4.78, 5) is 36.7. The maximum Gasteiger partial charge on any atom is 0.352 e. The van der Waals surface area contributed by atoms with E-state index < -0.39 is 41.8 Å². The number of fused-ring (bicyclic) bond motifs is 1. The number of carboxylic acids is 1. The highest BCUT2D eigenvalue weighted by atomic mass is 32.2. The monoisotopic (exact) mass is 399 g/mol. The molecule has 1 saturated heterocycles. The van der Waals surface area contributed by atoms with E-state index >= 15 is 0 Å². The molecular weight excluding hydrogens is 382 g/mol. The van der Waals surface area contributed by atoms with E-state index in [-0.39, 0.29) is 18.1 Å². The summed E-state index contributed by atoms with van der Waals surface area (Å²) in [6, 6.07) is -0.530. The van der Waals surface area contributed by atoms with E-state index in [9.17, 15) is 24.6 Å². The minimum Gasteiger partial charge on any atom is -0.477 e. The van der Waals surface area contributed by atoms with Crippen LogP contribution in [0.25, 0.3) is 0 Å². The second-order valence-corrected chi connectivity index (χ2v) is 8.10. The summed E-state index contributed by atoms with van der Waals surface area (Å²) in [5.74, 6) is -3.06. The first kappa shape index (κ1) is 18.8. The average molecular weight is 399 g/mol. The van der Waals surface area contributed by atoms with Gasteiger partial charge in [0.15, 0.2) is 4.34 Å². The minimum absolute atomic E-state index is 0.0458. The molecule has 0 aliphatic carbocycles. The number of carbonyl (C=O) groups excluding carboxylic acids is 2. The number of hydrogen-bond acceptors (Lipinski definition) is 9. The van der Waals surface area contributed by atoms with Crippen LogP contribution in [0.5, 0.6) is 0 Å². The third-order valence-electron chi connectivity index (χ3n) is 4.47. The van der Waals surface area contributed by atoms with Crippen LogP contribution in [0, 0.1) is 11.8 Å². The largest absolute Gasteiger partial charge is 0.477 e. The van der Waals surface area contributed by atoms with Crippen LogP contribution in [-0.2, 0) is 19.1 Å².